The molecule has 1 aromatic carbocycles. The van der Waals surface area contributed by atoms with Gasteiger partial charge in [0.05, 0.1) is 18.4 Å². The van der Waals surface area contributed by atoms with Gasteiger partial charge in [-0.3, -0.25) is 4.98 Å². The highest BCUT2D eigenvalue weighted by Gasteiger charge is 2.28. The third-order valence-electron chi connectivity index (χ3n) is 3.92. The molecule has 21 heavy (non-hydrogen) atoms. The van der Waals surface area contributed by atoms with Crippen LogP contribution in [-0.4, -0.2) is 23.3 Å². The molecule has 3 heterocycles. The van der Waals surface area contributed by atoms with Crippen molar-refractivity contribution >= 4 is 17.4 Å². The van der Waals surface area contributed by atoms with E-state index in [0.717, 1.165) is 36.7 Å². The number of rotatable bonds is 2. The lowest BCUT2D eigenvalue weighted by atomic mass is 10.0. The summed E-state index contributed by atoms with van der Waals surface area (Å²) in [6.07, 6.45) is 5.51. The maximum Gasteiger partial charge on any atom is 0.231 e. The summed E-state index contributed by atoms with van der Waals surface area (Å²) in [5, 5.41) is 0.420. The molecule has 0 unspecified atom stereocenters. The first-order valence-corrected chi connectivity index (χ1v) is 7.33. The number of hydrogen-bond acceptors (Lipinski definition) is 5. The van der Waals surface area contributed by atoms with Gasteiger partial charge in [-0.1, -0.05) is 17.7 Å². The summed E-state index contributed by atoms with van der Waals surface area (Å²) >= 11 is 5.96. The fraction of sp³-hybridized carbons (Fsp3) is 0.333. The minimum Gasteiger partial charge on any atom is -0.454 e. The van der Waals surface area contributed by atoms with Crippen molar-refractivity contribution in [1.29, 1.82) is 0 Å². The second-order valence-corrected chi connectivity index (χ2v) is 5.55. The topological polar surface area (TPSA) is 47.5 Å². The Balaban J connectivity index is 1.67. The molecule has 1 fully saturated rings. The van der Waals surface area contributed by atoms with Gasteiger partial charge in [0.15, 0.2) is 11.5 Å². The Labute approximate surface area is 127 Å². The van der Waals surface area contributed by atoms with Crippen molar-refractivity contribution in [3.63, 3.8) is 0 Å². The Hall–Kier alpha value is -2.01. The van der Waals surface area contributed by atoms with Crippen LogP contribution in [0.2, 0.25) is 5.15 Å². The molecule has 2 aromatic rings. The number of anilines is 1. The van der Waals surface area contributed by atoms with E-state index in [1.165, 1.54) is 5.56 Å². The summed E-state index contributed by atoms with van der Waals surface area (Å²) in [6.45, 7) is 1.25. The van der Waals surface area contributed by atoms with Crippen LogP contribution in [0.25, 0.3) is 0 Å². The Kier molecular flexibility index (Phi) is 3.07. The molecule has 6 heteroatoms. The zero-order valence-corrected chi connectivity index (χ0v) is 12.1. The Morgan fingerprint density at radius 1 is 1.19 bits per heavy atom. The van der Waals surface area contributed by atoms with Crippen LogP contribution < -0.4 is 14.4 Å². The molecule has 0 spiro atoms. The number of hydrogen-bond donors (Lipinski definition) is 0. The van der Waals surface area contributed by atoms with E-state index in [2.05, 4.69) is 27.0 Å². The Morgan fingerprint density at radius 2 is 2.10 bits per heavy atom. The van der Waals surface area contributed by atoms with Crippen molar-refractivity contribution in [2.45, 2.75) is 18.9 Å². The van der Waals surface area contributed by atoms with Crippen molar-refractivity contribution in [1.82, 2.24) is 9.97 Å². The molecule has 1 saturated heterocycles. The third kappa shape index (κ3) is 2.27. The highest BCUT2D eigenvalue weighted by atomic mass is 35.5. The number of ether oxygens (including phenoxy) is 2. The van der Waals surface area contributed by atoms with Crippen molar-refractivity contribution in [2.24, 2.45) is 0 Å². The monoisotopic (exact) mass is 303 g/mol. The molecular formula is C15H14ClN3O2. The highest BCUT2D eigenvalue weighted by Crippen LogP contribution is 2.40. The molecule has 0 amide bonds. The maximum absolute atomic E-state index is 5.96. The van der Waals surface area contributed by atoms with Gasteiger partial charge in [0.25, 0.3) is 0 Å². The molecule has 0 N–H and O–H groups in total. The van der Waals surface area contributed by atoms with Gasteiger partial charge in [-0.25, -0.2) is 4.98 Å². The minimum atomic E-state index is 0.271. The van der Waals surface area contributed by atoms with Gasteiger partial charge in [-0.2, -0.15) is 0 Å². The first-order chi connectivity index (χ1) is 10.3. The summed E-state index contributed by atoms with van der Waals surface area (Å²) in [6, 6.07) is 6.39. The second-order valence-electron chi connectivity index (χ2n) is 5.16. The van der Waals surface area contributed by atoms with Crippen molar-refractivity contribution in [3.8, 4) is 11.5 Å². The molecule has 1 aromatic heterocycles. The van der Waals surface area contributed by atoms with Gasteiger partial charge in [-0.05, 0) is 30.5 Å². The normalized spacial score (nSPS) is 20.0. The van der Waals surface area contributed by atoms with E-state index >= 15 is 0 Å². The molecule has 108 valence electrons. The number of aromatic nitrogens is 2. The third-order valence-corrected chi connectivity index (χ3v) is 4.10. The summed E-state index contributed by atoms with van der Waals surface area (Å²) in [5.74, 6) is 2.45. The van der Waals surface area contributed by atoms with E-state index in [4.69, 9.17) is 21.1 Å². The van der Waals surface area contributed by atoms with E-state index in [1.54, 1.807) is 12.4 Å². The SMILES string of the molecule is Clc1cncc(N2CCC[C@@H]2c2ccc3c(c2)OCO3)n1. The van der Waals surface area contributed by atoms with Crippen LogP contribution in [0, 0.1) is 0 Å². The Morgan fingerprint density at radius 3 is 3.00 bits per heavy atom. The van der Waals surface area contributed by atoms with Gasteiger partial charge >= 0.3 is 0 Å². The summed E-state index contributed by atoms with van der Waals surface area (Å²) in [7, 11) is 0. The number of halogens is 1. The van der Waals surface area contributed by atoms with E-state index < -0.39 is 0 Å². The summed E-state index contributed by atoms with van der Waals surface area (Å²) in [5.41, 5.74) is 1.21. The Bertz CT molecular complexity index is 680. The predicted octanol–water partition coefficient (Wildman–Crippen LogP) is 3.20. The van der Waals surface area contributed by atoms with Crippen LogP contribution in [0.15, 0.2) is 30.6 Å². The summed E-state index contributed by atoms with van der Waals surface area (Å²) < 4.78 is 10.8. The van der Waals surface area contributed by atoms with Crippen LogP contribution >= 0.6 is 11.6 Å². The average molecular weight is 304 g/mol. The van der Waals surface area contributed by atoms with E-state index in [0.29, 0.717) is 11.9 Å². The predicted molar refractivity (Wildman–Crippen MR) is 78.9 cm³/mol. The largest absolute Gasteiger partial charge is 0.454 e. The van der Waals surface area contributed by atoms with E-state index in [9.17, 15) is 0 Å². The summed E-state index contributed by atoms with van der Waals surface area (Å²) in [4.78, 5) is 10.8. The number of fused-ring (bicyclic) bond motifs is 1. The maximum atomic E-state index is 5.96. The van der Waals surface area contributed by atoms with Crippen molar-refractivity contribution in [2.75, 3.05) is 18.2 Å². The van der Waals surface area contributed by atoms with Gasteiger partial charge in [0.2, 0.25) is 6.79 Å². The van der Waals surface area contributed by atoms with Crippen LogP contribution in [0.4, 0.5) is 5.82 Å². The van der Waals surface area contributed by atoms with Gasteiger partial charge in [0, 0.05) is 6.54 Å². The van der Waals surface area contributed by atoms with Crippen LogP contribution in [0.3, 0.4) is 0 Å². The molecule has 1 atom stereocenters. The number of nitrogens with zero attached hydrogens (tertiary/aromatic N) is 3. The van der Waals surface area contributed by atoms with Gasteiger partial charge < -0.3 is 14.4 Å². The lowest BCUT2D eigenvalue weighted by Gasteiger charge is -2.26. The quantitative estimate of drug-likeness (QED) is 0.852. The van der Waals surface area contributed by atoms with E-state index in [1.807, 2.05) is 6.07 Å². The van der Waals surface area contributed by atoms with Gasteiger partial charge in [-0.15, -0.1) is 0 Å². The highest BCUT2D eigenvalue weighted by molar-refractivity contribution is 6.29. The first-order valence-electron chi connectivity index (χ1n) is 6.95. The lowest BCUT2D eigenvalue weighted by molar-refractivity contribution is 0.174. The fourth-order valence-corrected chi connectivity index (χ4v) is 3.12. The minimum absolute atomic E-state index is 0.271. The molecular weight excluding hydrogens is 290 g/mol. The molecule has 5 nitrogen and oxygen atoms in total. The molecule has 0 radical (unpaired) electrons. The zero-order valence-electron chi connectivity index (χ0n) is 11.3. The molecule has 2 aliphatic rings. The zero-order chi connectivity index (χ0) is 14.2. The lowest BCUT2D eigenvalue weighted by Crippen LogP contribution is -2.23. The van der Waals surface area contributed by atoms with Crippen molar-refractivity contribution in [3.05, 3.63) is 41.3 Å². The van der Waals surface area contributed by atoms with Crippen LogP contribution in [0.1, 0.15) is 24.4 Å². The molecule has 4 rings (SSSR count). The van der Waals surface area contributed by atoms with E-state index in [-0.39, 0.29) is 6.04 Å². The smallest absolute Gasteiger partial charge is 0.231 e. The van der Waals surface area contributed by atoms with Crippen LogP contribution in [-0.2, 0) is 0 Å². The van der Waals surface area contributed by atoms with Gasteiger partial charge in [0.1, 0.15) is 11.0 Å². The second kappa shape index (κ2) is 5.07. The standard InChI is InChI=1S/C15H14ClN3O2/c16-14-7-17-8-15(18-14)19-5-1-2-11(19)10-3-4-12-13(6-10)21-9-20-12/h3-4,6-8,11H,1-2,5,9H2/t11-/m1/s1. The molecule has 2 aliphatic heterocycles. The number of benzene rings is 1. The first kappa shape index (κ1) is 12.7. The average Bonchev–Trinajstić information content (AvgIpc) is 3.15. The molecule has 0 bridgehead atoms. The van der Waals surface area contributed by atoms with Crippen LogP contribution in [0.5, 0.6) is 11.5 Å². The molecule has 0 saturated carbocycles. The van der Waals surface area contributed by atoms with Crippen molar-refractivity contribution < 1.29 is 9.47 Å². The fourth-order valence-electron chi connectivity index (χ4n) is 2.98. The molecule has 0 aliphatic carbocycles.